The molecule has 2 aliphatic rings. The molecule has 0 radical (unpaired) electrons. The molecule has 4 heteroatoms. The summed E-state index contributed by atoms with van der Waals surface area (Å²) in [5.74, 6) is 0.734. The SMILES string of the molecule is C[C@@H]1CN(Cc2ccccc2)CC[C@H]1NC(=O)[C@@H]1CCCOC1. The molecule has 0 spiro atoms. The van der Waals surface area contributed by atoms with Gasteiger partial charge in [-0.3, -0.25) is 9.69 Å². The Morgan fingerprint density at radius 2 is 2.13 bits per heavy atom. The Morgan fingerprint density at radius 1 is 1.30 bits per heavy atom. The van der Waals surface area contributed by atoms with E-state index in [4.69, 9.17) is 4.74 Å². The van der Waals surface area contributed by atoms with Crippen molar-refractivity contribution in [2.75, 3.05) is 26.3 Å². The molecule has 1 amide bonds. The van der Waals surface area contributed by atoms with Crippen LogP contribution in [0.5, 0.6) is 0 Å². The highest BCUT2D eigenvalue weighted by atomic mass is 16.5. The number of carbonyl (C=O) groups is 1. The number of nitrogens with zero attached hydrogens (tertiary/aromatic N) is 1. The number of hydrogen-bond acceptors (Lipinski definition) is 3. The zero-order chi connectivity index (χ0) is 16.1. The van der Waals surface area contributed by atoms with E-state index in [9.17, 15) is 4.79 Å². The smallest absolute Gasteiger partial charge is 0.225 e. The zero-order valence-corrected chi connectivity index (χ0v) is 14.0. The lowest BCUT2D eigenvalue weighted by Gasteiger charge is -2.38. The first-order valence-electron chi connectivity index (χ1n) is 8.87. The van der Waals surface area contributed by atoms with Gasteiger partial charge in [0.25, 0.3) is 0 Å². The first kappa shape index (κ1) is 16.5. The van der Waals surface area contributed by atoms with Gasteiger partial charge >= 0.3 is 0 Å². The van der Waals surface area contributed by atoms with Crippen molar-refractivity contribution in [2.45, 2.75) is 38.8 Å². The normalized spacial score (nSPS) is 29.2. The summed E-state index contributed by atoms with van der Waals surface area (Å²) in [6, 6.07) is 10.9. The van der Waals surface area contributed by atoms with Crippen LogP contribution in [0.4, 0.5) is 0 Å². The predicted molar refractivity (Wildman–Crippen MR) is 91.0 cm³/mol. The molecule has 0 bridgehead atoms. The van der Waals surface area contributed by atoms with Crippen LogP contribution in [-0.2, 0) is 16.1 Å². The average molecular weight is 316 g/mol. The van der Waals surface area contributed by atoms with E-state index in [-0.39, 0.29) is 11.8 Å². The third-order valence-electron chi connectivity index (χ3n) is 5.10. The largest absolute Gasteiger partial charge is 0.381 e. The molecular weight excluding hydrogens is 288 g/mol. The summed E-state index contributed by atoms with van der Waals surface area (Å²) in [5, 5.41) is 3.28. The third-order valence-corrected chi connectivity index (χ3v) is 5.10. The highest BCUT2D eigenvalue weighted by molar-refractivity contribution is 5.79. The molecule has 2 saturated heterocycles. The van der Waals surface area contributed by atoms with E-state index in [0.29, 0.717) is 18.6 Å². The molecule has 0 unspecified atom stereocenters. The average Bonchev–Trinajstić information content (AvgIpc) is 2.59. The molecule has 0 saturated carbocycles. The maximum Gasteiger partial charge on any atom is 0.225 e. The van der Waals surface area contributed by atoms with Crippen LogP contribution in [0.15, 0.2) is 30.3 Å². The first-order chi connectivity index (χ1) is 11.2. The van der Waals surface area contributed by atoms with Crippen molar-refractivity contribution in [3.63, 3.8) is 0 Å². The van der Waals surface area contributed by atoms with Crippen LogP contribution in [0, 0.1) is 11.8 Å². The Bertz CT molecular complexity index is 499. The molecule has 23 heavy (non-hydrogen) atoms. The van der Waals surface area contributed by atoms with Gasteiger partial charge in [-0.1, -0.05) is 37.3 Å². The van der Waals surface area contributed by atoms with Crippen LogP contribution in [0.2, 0.25) is 0 Å². The zero-order valence-electron chi connectivity index (χ0n) is 14.0. The topological polar surface area (TPSA) is 41.6 Å². The van der Waals surface area contributed by atoms with Crippen molar-refractivity contribution in [3.8, 4) is 0 Å². The summed E-state index contributed by atoms with van der Waals surface area (Å²) in [6.07, 6.45) is 3.00. The highest BCUT2D eigenvalue weighted by Gasteiger charge is 2.30. The minimum absolute atomic E-state index is 0.0540. The Balaban J connectivity index is 1.47. The van der Waals surface area contributed by atoms with Crippen molar-refractivity contribution in [3.05, 3.63) is 35.9 Å². The van der Waals surface area contributed by atoms with Crippen LogP contribution in [0.3, 0.4) is 0 Å². The molecule has 3 rings (SSSR count). The minimum atomic E-state index is 0.0540. The summed E-state index contributed by atoms with van der Waals surface area (Å²) >= 11 is 0. The molecule has 1 aromatic carbocycles. The van der Waals surface area contributed by atoms with Crippen molar-refractivity contribution in [1.82, 2.24) is 10.2 Å². The maximum atomic E-state index is 12.4. The second-order valence-corrected chi connectivity index (χ2v) is 7.02. The lowest BCUT2D eigenvalue weighted by atomic mass is 9.92. The quantitative estimate of drug-likeness (QED) is 0.928. The Kier molecular flexibility index (Phi) is 5.68. The van der Waals surface area contributed by atoms with Crippen molar-refractivity contribution < 1.29 is 9.53 Å². The molecule has 2 heterocycles. The molecule has 126 valence electrons. The molecule has 2 aliphatic heterocycles. The van der Waals surface area contributed by atoms with E-state index in [1.807, 2.05) is 0 Å². The number of carbonyl (C=O) groups excluding carboxylic acids is 1. The van der Waals surface area contributed by atoms with Crippen LogP contribution in [0.1, 0.15) is 31.7 Å². The van der Waals surface area contributed by atoms with Gasteiger partial charge < -0.3 is 10.1 Å². The number of likely N-dealkylation sites (tertiary alicyclic amines) is 1. The number of nitrogens with one attached hydrogen (secondary N) is 1. The molecule has 3 atom stereocenters. The van der Waals surface area contributed by atoms with Gasteiger partial charge in [-0.25, -0.2) is 0 Å². The molecule has 0 aliphatic carbocycles. The van der Waals surface area contributed by atoms with E-state index >= 15 is 0 Å². The summed E-state index contributed by atoms with van der Waals surface area (Å²) in [7, 11) is 0. The monoisotopic (exact) mass is 316 g/mol. The Morgan fingerprint density at radius 3 is 2.83 bits per heavy atom. The summed E-state index contributed by atoms with van der Waals surface area (Å²) < 4.78 is 5.43. The van der Waals surface area contributed by atoms with Gasteiger partial charge in [-0.2, -0.15) is 0 Å². The standard InChI is InChI=1S/C19H28N2O2/c1-15-12-21(13-16-6-3-2-4-7-16)10-9-18(15)20-19(22)17-8-5-11-23-14-17/h2-4,6-7,15,17-18H,5,8-14H2,1H3,(H,20,22)/t15-,17-,18-/m1/s1. The van der Waals surface area contributed by atoms with Crippen LogP contribution in [-0.4, -0.2) is 43.2 Å². The number of piperidine rings is 1. The van der Waals surface area contributed by atoms with E-state index in [2.05, 4.69) is 47.5 Å². The predicted octanol–water partition coefficient (Wildman–Crippen LogP) is 2.44. The lowest BCUT2D eigenvalue weighted by molar-refractivity contribution is -0.130. The fourth-order valence-electron chi connectivity index (χ4n) is 3.68. The number of amides is 1. The molecule has 4 nitrogen and oxygen atoms in total. The second kappa shape index (κ2) is 7.93. The fourth-order valence-corrected chi connectivity index (χ4v) is 3.68. The number of benzene rings is 1. The number of hydrogen-bond donors (Lipinski definition) is 1. The van der Waals surface area contributed by atoms with E-state index in [1.54, 1.807) is 0 Å². The molecule has 1 aromatic rings. The van der Waals surface area contributed by atoms with Crippen molar-refractivity contribution in [2.24, 2.45) is 11.8 Å². The summed E-state index contributed by atoms with van der Waals surface area (Å²) in [4.78, 5) is 14.9. The fraction of sp³-hybridized carbons (Fsp3) is 0.632. The van der Waals surface area contributed by atoms with Crippen molar-refractivity contribution >= 4 is 5.91 Å². The second-order valence-electron chi connectivity index (χ2n) is 7.02. The van der Waals surface area contributed by atoms with Gasteiger partial charge in [-0.15, -0.1) is 0 Å². The van der Waals surface area contributed by atoms with Crippen LogP contribution < -0.4 is 5.32 Å². The molecular formula is C19H28N2O2. The first-order valence-corrected chi connectivity index (χ1v) is 8.87. The van der Waals surface area contributed by atoms with Crippen LogP contribution >= 0.6 is 0 Å². The number of ether oxygens (including phenoxy) is 1. The molecule has 2 fully saturated rings. The summed E-state index contributed by atoms with van der Waals surface area (Å²) in [6.45, 7) is 6.74. The maximum absolute atomic E-state index is 12.4. The van der Waals surface area contributed by atoms with E-state index < -0.39 is 0 Å². The number of rotatable bonds is 4. The summed E-state index contributed by atoms with van der Waals surface area (Å²) in [5.41, 5.74) is 1.36. The highest BCUT2D eigenvalue weighted by Crippen LogP contribution is 2.20. The van der Waals surface area contributed by atoms with Gasteiger partial charge in [0.05, 0.1) is 12.5 Å². The van der Waals surface area contributed by atoms with Gasteiger partial charge in [0.15, 0.2) is 0 Å². The van der Waals surface area contributed by atoms with E-state index in [0.717, 1.165) is 45.5 Å². The van der Waals surface area contributed by atoms with Gasteiger partial charge in [0.2, 0.25) is 5.91 Å². The van der Waals surface area contributed by atoms with Crippen molar-refractivity contribution in [1.29, 1.82) is 0 Å². The molecule has 0 aromatic heterocycles. The molecule has 1 N–H and O–H groups in total. The Hall–Kier alpha value is -1.39. The van der Waals surface area contributed by atoms with Crippen LogP contribution in [0.25, 0.3) is 0 Å². The van der Waals surface area contributed by atoms with Gasteiger partial charge in [-0.05, 0) is 30.7 Å². The van der Waals surface area contributed by atoms with Gasteiger partial charge in [0.1, 0.15) is 0 Å². The Labute approximate surface area is 139 Å². The lowest BCUT2D eigenvalue weighted by Crippen LogP contribution is -2.51. The minimum Gasteiger partial charge on any atom is -0.381 e. The van der Waals surface area contributed by atoms with Gasteiger partial charge in [0, 0.05) is 32.3 Å². The third kappa shape index (κ3) is 4.55. The van der Waals surface area contributed by atoms with E-state index in [1.165, 1.54) is 5.56 Å².